The number of hydrogen-bond acceptors (Lipinski definition) is 6. The highest BCUT2D eigenvalue weighted by atomic mass is 32.2. The van der Waals surface area contributed by atoms with E-state index >= 15 is 0 Å². The SMILES string of the molecule is CC[C@@H]1CCCCN1CCCNC(=O)c1cn(C)c2ccc(S(=O)(=O)N3CCOCC3)cc2c1=O. The Morgan fingerprint density at radius 3 is 2.69 bits per heavy atom. The zero-order chi connectivity index (χ0) is 25.0. The van der Waals surface area contributed by atoms with E-state index in [1.54, 1.807) is 17.7 Å². The number of fused-ring (bicyclic) bond motifs is 1. The Bertz CT molecular complexity index is 1220. The number of sulfonamides is 1. The topological polar surface area (TPSA) is 101 Å². The second-order valence-corrected chi connectivity index (χ2v) is 11.3. The summed E-state index contributed by atoms with van der Waals surface area (Å²) < 4.78 is 34.5. The molecular weight excluding hydrogens is 468 g/mol. The van der Waals surface area contributed by atoms with Crippen LogP contribution < -0.4 is 10.7 Å². The Kier molecular flexibility index (Phi) is 8.26. The van der Waals surface area contributed by atoms with Gasteiger partial charge in [0, 0.05) is 50.9 Å². The van der Waals surface area contributed by atoms with Gasteiger partial charge < -0.3 is 19.5 Å². The summed E-state index contributed by atoms with van der Waals surface area (Å²) in [5.74, 6) is -0.431. The second-order valence-electron chi connectivity index (χ2n) is 9.38. The summed E-state index contributed by atoms with van der Waals surface area (Å²) in [6.07, 6.45) is 7.22. The molecule has 3 heterocycles. The number of morpholine rings is 1. The number of aromatic nitrogens is 1. The van der Waals surface area contributed by atoms with E-state index in [9.17, 15) is 18.0 Å². The summed E-state index contributed by atoms with van der Waals surface area (Å²) in [7, 11) is -2.01. The van der Waals surface area contributed by atoms with Gasteiger partial charge in [0.2, 0.25) is 15.5 Å². The number of aryl methyl sites for hydroxylation is 1. The maximum absolute atomic E-state index is 13.2. The fourth-order valence-corrected chi connectivity index (χ4v) is 6.56. The van der Waals surface area contributed by atoms with Crippen LogP contribution >= 0.6 is 0 Å². The van der Waals surface area contributed by atoms with Gasteiger partial charge in [-0.2, -0.15) is 4.31 Å². The van der Waals surface area contributed by atoms with Gasteiger partial charge in [-0.1, -0.05) is 13.3 Å². The first kappa shape index (κ1) is 25.8. The van der Waals surface area contributed by atoms with E-state index in [4.69, 9.17) is 4.74 Å². The van der Waals surface area contributed by atoms with Gasteiger partial charge in [0.25, 0.3) is 5.91 Å². The molecule has 0 saturated carbocycles. The number of piperidine rings is 1. The van der Waals surface area contributed by atoms with Crippen LogP contribution in [0.3, 0.4) is 0 Å². The van der Waals surface area contributed by atoms with Gasteiger partial charge in [0.05, 0.1) is 23.6 Å². The van der Waals surface area contributed by atoms with Crippen LogP contribution in [-0.2, 0) is 21.8 Å². The molecule has 2 aliphatic heterocycles. The first-order chi connectivity index (χ1) is 16.8. The first-order valence-corrected chi connectivity index (χ1v) is 14.0. The van der Waals surface area contributed by atoms with Crippen molar-refractivity contribution < 1.29 is 17.9 Å². The molecule has 0 aliphatic carbocycles. The van der Waals surface area contributed by atoms with Crippen LogP contribution in [0.15, 0.2) is 34.1 Å². The van der Waals surface area contributed by atoms with Crippen molar-refractivity contribution in [1.82, 2.24) is 19.1 Å². The minimum Gasteiger partial charge on any atom is -0.379 e. The van der Waals surface area contributed by atoms with Gasteiger partial charge in [-0.15, -0.1) is 0 Å². The Morgan fingerprint density at radius 1 is 1.17 bits per heavy atom. The van der Waals surface area contributed by atoms with E-state index in [0.717, 1.165) is 25.9 Å². The lowest BCUT2D eigenvalue weighted by molar-refractivity contribution is 0.0730. The predicted molar refractivity (Wildman–Crippen MR) is 135 cm³/mol. The average Bonchev–Trinajstić information content (AvgIpc) is 2.89. The molecule has 10 heteroatoms. The number of likely N-dealkylation sites (tertiary alicyclic amines) is 1. The molecule has 0 bridgehead atoms. The summed E-state index contributed by atoms with van der Waals surface area (Å²) >= 11 is 0. The third kappa shape index (κ3) is 5.61. The molecule has 0 radical (unpaired) electrons. The molecule has 0 spiro atoms. The van der Waals surface area contributed by atoms with Crippen molar-refractivity contribution in [2.45, 2.75) is 50.0 Å². The van der Waals surface area contributed by atoms with E-state index in [1.165, 1.54) is 41.9 Å². The maximum Gasteiger partial charge on any atom is 0.256 e. The average molecular weight is 505 g/mol. The minimum atomic E-state index is -3.75. The lowest BCUT2D eigenvalue weighted by Crippen LogP contribution is -2.41. The molecule has 1 amide bonds. The number of amides is 1. The van der Waals surface area contributed by atoms with Gasteiger partial charge in [-0.05, 0) is 50.4 Å². The third-order valence-corrected chi connectivity index (χ3v) is 9.04. The molecule has 2 aliphatic rings. The fraction of sp³-hybridized carbons (Fsp3) is 0.600. The molecule has 4 rings (SSSR count). The summed E-state index contributed by atoms with van der Waals surface area (Å²) in [5, 5.41) is 3.10. The number of carbonyl (C=O) groups is 1. The highest BCUT2D eigenvalue weighted by Gasteiger charge is 2.27. The summed E-state index contributed by atoms with van der Waals surface area (Å²) in [5.41, 5.74) is 0.130. The number of nitrogens with zero attached hydrogens (tertiary/aromatic N) is 3. The monoisotopic (exact) mass is 504 g/mol. The van der Waals surface area contributed by atoms with E-state index in [2.05, 4.69) is 17.1 Å². The van der Waals surface area contributed by atoms with Crippen molar-refractivity contribution in [1.29, 1.82) is 0 Å². The standard InChI is InChI=1S/C25H36N4O5S/c1-3-19-7-4-5-11-28(19)12-6-10-26-25(31)22-18-27(2)23-9-8-20(17-21(23)24(22)30)35(32,33)29-13-15-34-16-14-29/h8-9,17-19H,3-7,10-16H2,1-2H3,(H,26,31)/t19-/m1/s1. The molecule has 1 atom stereocenters. The molecule has 2 saturated heterocycles. The number of benzene rings is 1. The molecule has 9 nitrogen and oxygen atoms in total. The van der Waals surface area contributed by atoms with Crippen molar-refractivity contribution in [2.75, 3.05) is 45.9 Å². The molecule has 1 aromatic heterocycles. The lowest BCUT2D eigenvalue weighted by Gasteiger charge is -2.35. The van der Waals surface area contributed by atoms with Crippen LogP contribution in [0.1, 0.15) is 49.4 Å². The molecule has 1 N–H and O–H groups in total. The summed E-state index contributed by atoms with van der Waals surface area (Å²) in [4.78, 5) is 28.7. The van der Waals surface area contributed by atoms with Gasteiger partial charge in [0.1, 0.15) is 5.56 Å². The van der Waals surface area contributed by atoms with Gasteiger partial charge >= 0.3 is 0 Å². The van der Waals surface area contributed by atoms with Crippen molar-refractivity contribution in [3.8, 4) is 0 Å². The van der Waals surface area contributed by atoms with Crippen molar-refractivity contribution in [3.63, 3.8) is 0 Å². The van der Waals surface area contributed by atoms with Crippen LogP contribution in [0.5, 0.6) is 0 Å². The first-order valence-electron chi connectivity index (χ1n) is 12.6. The zero-order valence-corrected chi connectivity index (χ0v) is 21.5. The van der Waals surface area contributed by atoms with E-state index in [-0.39, 0.29) is 28.9 Å². The molecule has 192 valence electrons. The predicted octanol–water partition coefficient (Wildman–Crippen LogP) is 1.94. The Labute approximate surface area is 207 Å². The number of pyridine rings is 1. The molecule has 2 fully saturated rings. The van der Waals surface area contributed by atoms with Gasteiger partial charge in [-0.3, -0.25) is 9.59 Å². The quantitative estimate of drug-likeness (QED) is 0.552. The fourth-order valence-electron chi connectivity index (χ4n) is 5.13. The Morgan fingerprint density at radius 2 is 1.94 bits per heavy atom. The Hall–Kier alpha value is -2.27. The molecular formula is C25H36N4O5S. The molecule has 0 unspecified atom stereocenters. The van der Waals surface area contributed by atoms with E-state index in [1.807, 2.05) is 0 Å². The highest BCUT2D eigenvalue weighted by Crippen LogP contribution is 2.22. The number of nitrogens with one attached hydrogen (secondary N) is 1. The number of ether oxygens (including phenoxy) is 1. The van der Waals surface area contributed by atoms with Gasteiger partial charge in [0.15, 0.2) is 0 Å². The number of hydrogen-bond donors (Lipinski definition) is 1. The van der Waals surface area contributed by atoms with Crippen LogP contribution in [0.2, 0.25) is 0 Å². The highest BCUT2D eigenvalue weighted by molar-refractivity contribution is 7.89. The van der Waals surface area contributed by atoms with Crippen molar-refractivity contribution >= 4 is 26.8 Å². The molecule has 2 aromatic rings. The smallest absolute Gasteiger partial charge is 0.256 e. The van der Waals surface area contributed by atoms with E-state index in [0.29, 0.717) is 31.3 Å². The molecule has 1 aromatic carbocycles. The van der Waals surface area contributed by atoms with Crippen LogP contribution in [0, 0.1) is 0 Å². The zero-order valence-electron chi connectivity index (χ0n) is 20.7. The van der Waals surface area contributed by atoms with Crippen molar-refractivity contribution in [2.24, 2.45) is 7.05 Å². The van der Waals surface area contributed by atoms with Crippen molar-refractivity contribution in [3.05, 3.63) is 40.2 Å². The minimum absolute atomic E-state index is 0.0188. The third-order valence-electron chi connectivity index (χ3n) is 7.14. The normalized spacial score (nSPS) is 20.2. The number of carbonyl (C=O) groups excluding carboxylic acids is 1. The van der Waals surface area contributed by atoms with Crippen LogP contribution in [0.25, 0.3) is 10.9 Å². The van der Waals surface area contributed by atoms with E-state index < -0.39 is 21.4 Å². The van der Waals surface area contributed by atoms with Crippen LogP contribution in [0.4, 0.5) is 0 Å². The lowest BCUT2D eigenvalue weighted by atomic mass is 10.00. The summed E-state index contributed by atoms with van der Waals surface area (Å²) in [6, 6.07) is 5.14. The molecule has 35 heavy (non-hydrogen) atoms. The van der Waals surface area contributed by atoms with Crippen LogP contribution in [-0.4, -0.2) is 80.1 Å². The summed E-state index contributed by atoms with van der Waals surface area (Å²) in [6.45, 7) is 5.97. The largest absolute Gasteiger partial charge is 0.379 e. The maximum atomic E-state index is 13.2. The van der Waals surface area contributed by atoms with Gasteiger partial charge in [-0.25, -0.2) is 8.42 Å². The second kappa shape index (κ2) is 11.2. The number of rotatable bonds is 8. The Balaban J connectivity index is 1.49.